The van der Waals surface area contributed by atoms with E-state index in [0.29, 0.717) is 0 Å². The van der Waals surface area contributed by atoms with E-state index in [1.807, 2.05) is 38.1 Å². The maximum atomic E-state index is 5.84. The number of benzene rings is 1. The Morgan fingerprint density at radius 1 is 1.50 bits per heavy atom. The first-order valence-corrected chi connectivity index (χ1v) is 3.36. The minimum absolute atomic E-state index is 0.238. The van der Waals surface area contributed by atoms with Gasteiger partial charge in [0.15, 0.2) is 0 Å². The zero-order valence-corrected chi connectivity index (χ0v) is 6.39. The van der Waals surface area contributed by atoms with Crippen LogP contribution in [0.25, 0.3) is 0 Å². The highest BCUT2D eigenvalue weighted by Crippen LogP contribution is 2.14. The lowest BCUT2D eigenvalue weighted by Gasteiger charge is -2.18. The van der Waals surface area contributed by atoms with Crippen LogP contribution >= 0.6 is 0 Å². The lowest BCUT2D eigenvalue weighted by Crippen LogP contribution is -2.28. The molecule has 0 aliphatic rings. The quantitative estimate of drug-likeness (QED) is 0.621. The lowest BCUT2D eigenvalue weighted by molar-refractivity contribution is 0.554. The standard InChI is InChI=1S/C9H12N/c1-9(2,10)8-6-4-3-5-7-8/h3-4,6-7H,10H2,1-2H3. The Morgan fingerprint density at radius 2 is 2.20 bits per heavy atom. The summed E-state index contributed by atoms with van der Waals surface area (Å²) in [7, 11) is 0. The molecule has 0 saturated heterocycles. The molecule has 10 heavy (non-hydrogen) atoms. The Kier molecular flexibility index (Phi) is 1.77. The molecule has 0 aliphatic carbocycles. The smallest absolute Gasteiger partial charge is 0.0352 e. The van der Waals surface area contributed by atoms with Crippen molar-refractivity contribution in [2.75, 3.05) is 0 Å². The number of hydrogen-bond acceptors (Lipinski definition) is 1. The third-order valence-corrected chi connectivity index (χ3v) is 1.45. The lowest BCUT2D eigenvalue weighted by atomic mass is 9.96. The molecule has 0 saturated carbocycles. The van der Waals surface area contributed by atoms with Gasteiger partial charge in [0.2, 0.25) is 0 Å². The highest BCUT2D eigenvalue weighted by Gasteiger charge is 2.11. The molecule has 1 heteroatoms. The molecule has 0 aliphatic heterocycles. The molecule has 0 spiro atoms. The first kappa shape index (κ1) is 7.29. The SMILES string of the molecule is CC(C)(N)c1c[c]ccc1. The second kappa shape index (κ2) is 2.43. The van der Waals surface area contributed by atoms with Crippen LogP contribution in [0.15, 0.2) is 24.3 Å². The van der Waals surface area contributed by atoms with E-state index < -0.39 is 0 Å². The predicted molar refractivity (Wildman–Crippen MR) is 42.5 cm³/mol. The van der Waals surface area contributed by atoms with Crippen molar-refractivity contribution in [1.29, 1.82) is 0 Å². The van der Waals surface area contributed by atoms with Crippen molar-refractivity contribution < 1.29 is 0 Å². The highest BCUT2D eigenvalue weighted by molar-refractivity contribution is 5.20. The van der Waals surface area contributed by atoms with E-state index in [2.05, 4.69) is 6.07 Å². The summed E-state index contributed by atoms with van der Waals surface area (Å²) in [5.41, 5.74) is 6.72. The molecule has 0 heterocycles. The Labute approximate surface area is 61.9 Å². The fraction of sp³-hybridized carbons (Fsp3) is 0.333. The summed E-state index contributed by atoms with van der Waals surface area (Å²) in [6.07, 6.45) is 0. The van der Waals surface area contributed by atoms with E-state index in [1.165, 1.54) is 0 Å². The summed E-state index contributed by atoms with van der Waals surface area (Å²) >= 11 is 0. The molecule has 0 aromatic heterocycles. The van der Waals surface area contributed by atoms with Gasteiger partial charge in [-0.05, 0) is 31.5 Å². The van der Waals surface area contributed by atoms with Crippen molar-refractivity contribution in [2.45, 2.75) is 19.4 Å². The molecular formula is C9H12N. The van der Waals surface area contributed by atoms with E-state index in [-0.39, 0.29) is 5.54 Å². The molecule has 0 atom stereocenters. The third kappa shape index (κ3) is 1.58. The van der Waals surface area contributed by atoms with E-state index in [1.54, 1.807) is 0 Å². The Bertz CT molecular complexity index is 196. The van der Waals surface area contributed by atoms with Crippen LogP contribution < -0.4 is 5.73 Å². The maximum Gasteiger partial charge on any atom is 0.0352 e. The summed E-state index contributed by atoms with van der Waals surface area (Å²) in [6, 6.07) is 10.7. The zero-order valence-electron chi connectivity index (χ0n) is 6.39. The molecule has 1 rings (SSSR count). The molecule has 0 unspecified atom stereocenters. The van der Waals surface area contributed by atoms with Gasteiger partial charge < -0.3 is 5.73 Å². The van der Waals surface area contributed by atoms with Gasteiger partial charge in [0.1, 0.15) is 0 Å². The van der Waals surface area contributed by atoms with Crippen LogP contribution in [-0.2, 0) is 5.54 Å². The van der Waals surface area contributed by atoms with E-state index in [0.717, 1.165) is 5.56 Å². The second-order valence-electron chi connectivity index (χ2n) is 3.01. The zero-order chi connectivity index (χ0) is 7.61. The van der Waals surface area contributed by atoms with E-state index in [9.17, 15) is 0 Å². The Balaban J connectivity index is 2.97. The normalized spacial score (nSPS) is 11.5. The molecule has 1 nitrogen and oxygen atoms in total. The number of hydrogen-bond donors (Lipinski definition) is 1. The molecule has 1 radical (unpaired) electrons. The Morgan fingerprint density at radius 3 is 2.50 bits per heavy atom. The van der Waals surface area contributed by atoms with Crippen LogP contribution in [0.3, 0.4) is 0 Å². The average Bonchev–Trinajstić information content (AvgIpc) is 1.88. The van der Waals surface area contributed by atoms with Gasteiger partial charge in [-0.2, -0.15) is 0 Å². The van der Waals surface area contributed by atoms with Gasteiger partial charge in [0.25, 0.3) is 0 Å². The predicted octanol–water partition coefficient (Wildman–Crippen LogP) is 1.68. The largest absolute Gasteiger partial charge is 0.322 e. The van der Waals surface area contributed by atoms with Crippen LogP contribution in [0.4, 0.5) is 0 Å². The van der Waals surface area contributed by atoms with Crippen molar-refractivity contribution in [3.8, 4) is 0 Å². The van der Waals surface area contributed by atoms with E-state index in [4.69, 9.17) is 5.73 Å². The molecule has 53 valence electrons. The summed E-state index contributed by atoms with van der Waals surface area (Å²) in [6.45, 7) is 3.96. The van der Waals surface area contributed by atoms with Crippen molar-refractivity contribution in [3.05, 3.63) is 35.9 Å². The average molecular weight is 134 g/mol. The van der Waals surface area contributed by atoms with Crippen molar-refractivity contribution in [1.82, 2.24) is 0 Å². The first-order chi connectivity index (χ1) is 4.61. The van der Waals surface area contributed by atoms with Gasteiger partial charge in [0.05, 0.1) is 0 Å². The fourth-order valence-electron chi connectivity index (χ4n) is 0.794. The van der Waals surface area contributed by atoms with Gasteiger partial charge >= 0.3 is 0 Å². The minimum atomic E-state index is -0.238. The maximum absolute atomic E-state index is 5.84. The summed E-state index contributed by atoms with van der Waals surface area (Å²) in [5.74, 6) is 0. The molecule has 1 aromatic carbocycles. The molecule has 0 amide bonds. The van der Waals surface area contributed by atoms with Crippen LogP contribution in [0, 0.1) is 6.07 Å². The van der Waals surface area contributed by atoms with Crippen molar-refractivity contribution in [3.63, 3.8) is 0 Å². The minimum Gasteiger partial charge on any atom is -0.322 e. The molecular weight excluding hydrogens is 122 g/mol. The molecule has 0 bridgehead atoms. The third-order valence-electron chi connectivity index (χ3n) is 1.45. The second-order valence-corrected chi connectivity index (χ2v) is 3.01. The van der Waals surface area contributed by atoms with Crippen molar-refractivity contribution >= 4 is 0 Å². The number of rotatable bonds is 1. The summed E-state index contributed by atoms with van der Waals surface area (Å²) in [4.78, 5) is 0. The van der Waals surface area contributed by atoms with Gasteiger partial charge in [-0.1, -0.05) is 18.2 Å². The molecule has 2 N–H and O–H groups in total. The van der Waals surface area contributed by atoms with Gasteiger partial charge in [-0.25, -0.2) is 0 Å². The van der Waals surface area contributed by atoms with Crippen LogP contribution in [0.5, 0.6) is 0 Å². The Hall–Kier alpha value is -0.820. The summed E-state index contributed by atoms with van der Waals surface area (Å²) in [5, 5.41) is 0. The monoisotopic (exact) mass is 134 g/mol. The highest BCUT2D eigenvalue weighted by atomic mass is 14.7. The van der Waals surface area contributed by atoms with Gasteiger partial charge in [-0.15, -0.1) is 0 Å². The van der Waals surface area contributed by atoms with Gasteiger partial charge in [0, 0.05) is 5.54 Å². The van der Waals surface area contributed by atoms with E-state index >= 15 is 0 Å². The van der Waals surface area contributed by atoms with Crippen LogP contribution in [0.2, 0.25) is 0 Å². The summed E-state index contributed by atoms with van der Waals surface area (Å²) < 4.78 is 0. The topological polar surface area (TPSA) is 26.0 Å². The number of nitrogens with two attached hydrogens (primary N) is 1. The van der Waals surface area contributed by atoms with Gasteiger partial charge in [-0.3, -0.25) is 0 Å². The van der Waals surface area contributed by atoms with Crippen LogP contribution in [0.1, 0.15) is 19.4 Å². The first-order valence-electron chi connectivity index (χ1n) is 3.36. The molecule has 1 aromatic rings. The fourth-order valence-corrected chi connectivity index (χ4v) is 0.794. The van der Waals surface area contributed by atoms with Crippen molar-refractivity contribution in [2.24, 2.45) is 5.73 Å². The van der Waals surface area contributed by atoms with Crippen LogP contribution in [-0.4, -0.2) is 0 Å². The molecule has 0 fully saturated rings.